The highest BCUT2D eigenvalue weighted by Gasteiger charge is 2.22. The Balaban J connectivity index is 0.000000340. The molecule has 20 heteroatoms. The smallest absolute Gasteiger partial charge is 0.358 e. The number of pyridine rings is 2. The van der Waals surface area contributed by atoms with Crippen molar-refractivity contribution in [1.82, 2.24) is 9.97 Å². The van der Waals surface area contributed by atoms with Gasteiger partial charge < -0.3 is 39.9 Å². The maximum Gasteiger partial charge on any atom is 0.358 e. The molecule has 0 fully saturated rings. The summed E-state index contributed by atoms with van der Waals surface area (Å²) in [5, 5.41) is 0.183. The fourth-order valence-electron chi connectivity index (χ4n) is 5.81. The number of unbranched alkanes of at least 4 members (excludes halogenated alkanes) is 4. The highest BCUT2D eigenvalue weighted by atomic mass is 35.5. The summed E-state index contributed by atoms with van der Waals surface area (Å²) in [7, 11) is 2.46. The largest absolute Gasteiger partial charge is 0.492 e. The highest BCUT2D eigenvalue weighted by molar-refractivity contribution is 6.39. The van der Waals surface area contributed by atoms with E-state index in [0.29, 0.717) is 23.3 Å². The number of halogens is 7. The van der Waals surface area contributed by atoms with Crippen LogP contribution < -0.4 is 25.7 Å². The number of methoxy groups -OCH3 is 2. The number of nitrogens with zero attached hydrogens (tertiary/aromatic N) is 2. The van der Waals surface area contributed by atoms with Crippen LogP contribution in [-0.4, -0.2) is 68.0 Å². The molecule has 0 aliphatic heterocycles. The molecule has 66 heavy (non-hydrogen) atoms. The molecule has 4 aromatic rings. The topological polar surface area (TPSA) is 184 Å². The maximum absolute atomic E-state index is 14.4. The van der Waals surface area contributed by atoms with Gasteiger partial charge in [-0.05, 0) is 81.0 Å². The summed E-state index contributed by atoms with van der Waals surface area (Å²) in [6, 6.07) is 9.51. The average Bonchev–Trinajstić information content (AvgIpc) is 3.29. The summed E-state index contributed by atoms with van der Waals surface area (Å²) >= 11 is 29.0. The van der Waals surface area contributed by atoms with Gasteiger partial charge in [-0.2, -0.15) is 9.37 Å². The van der Waals surface area contributed by atoms with Crippen molar-refractivity contribution in [3.05, 3.63) is 84.5 Å². The molecule has 0 bridgehead atoms. The SMILES string of the molecule is CCCCC(CC)COC(=O)COc1ccc(Cl)cc1C.CCCCCCC(C)OC(=O)COc1nc(F)c(Cl)c(N)c1Cl.COC(=O)c1nc(-c2ccc(Cl)c(OC)c2F)cc(N)c1Cl. The lowest BCUT2D eigenvalue weighted by atomic mass is 10.0. The number of carbonyl (C=O) groups is 3. The maximum atomic E-state index is 14.4. The third-order valence-corrected chi connectivity index (χ3v) is 11.2. The molecular weight excluding hydrogens is 968 g/mol. The standard InChI is InChI=1S/C17H25ClO3.C15H21Cl2FN2O3.C14H11Cl2FN2O3/c1-4-6-7-14(5-2)11-21-17(19)12-20-16-9-8-15(18)10-13(16)3;1-3-4-5-6-7-9(2)23-10(21)8-22-15-12(17)13(19)11(16)14(18)20-15;1-21-13-7(15)4-3-6(11(13)17)9-5-8(18)10(16)12(19-9)14(20)22-2/h8-10,14H,4-7,11-12H2,1-3H3;9H,3-8H2,1-2H3,(H2,19,20);3-5H,1-2H3,(H2,18,19). The van der Waals surface area contributed by atoms with Crippen LogP contribution in [-0.2, 0) is 23.8 Å². The van der Waals surface area contributed by atoms with Gasteiger partial charge in [0.05, 0.1) is 54.0 Å². The van der Waals surface area contributed by atoms with Gasteiger partial charge in [0.2, 0.25) is 11.8 Å². The number of carbonyl (C=O) groups excluding carboxylic acids is 3. The van der Waals surface area contributed by atoms with Crippen molar-refractivity contribution in [3.63, 3.8) is 0 Å². The van der Waals surface area contributed by atoms with E-state index in [1.165, 1.54) is 45.3 Å². The number of aryl methyl sites for hydroxylation is 1. The molecule has 0 saturated carbocycles. The number of ether oxygens (including phenoxy) is 6. The van der Waals surface area contributed by atoms with E-state index < -0.39 is 30.3 Å². The van der Waals surface area contributed by atoms with Gasteiger partial charge >= 0.3 is 17.9 Å². The second-order valence-electron chi connectivity index (χ2n) is 14.7. The molecule has 0 aliphatic rings. The summed E-state index contributed by atoms with van der Waals surface area (Å²) in [5.41, 5.74) is 12.0. The lowest BCUT2D eigenvalue weighted by Gasteiger charge is -2.15. The van der Waals surface area contributed by atoms with E-state index in [-0.39, 0.29) is 78.7 Å². The lowest BCUT2D eigenvalue weighted by Crippen LogP contribution is -2.21. The van der Waals surface area contributed by atoms with Crippen LogP contribution in [0.4, 0.5) is 20.2 Å². The minimum absolute atomic E-state index is 0.0584. The molecule has 364 valence electrons. The van der Waals surface area contributed by atoms with E-state index in [1.54, 1.807) is 18.2 Å². The van der Waals surface area contributed by atoms with Gasteiger partial charge in [-0.1, -0.05) is 117 Å². The van der Waals surface area contributed by atoms with Crippen LogP contribution in [0.1, 0.15) is 102 Å². The quantitative estimate of drug-likeness (QED) is 0.0348. The molecule has 2 aromatic heterocycles. The van der Waals surface area contributed by atoms with E-state index in [2.05, 4.69) is 35.5 Å². The van der Waals surface area contributed by atoms with Gasteiger partial charge in [0.15, 0.2) is 30.5 Å². The Morgan fingerprint density at radius 3 is 2.09 bits per heavy atom. The van der Waals surface area contributed by atoms with Gasteiger partial charge in [-0.15, -0.1) is 0 Å². The summed E-state index contributed by atoms with van der Waals surface area (Å²) in [6.45, 7) is 10.1. The van der Waals surface area contributed by atoms with E-state index >= 15 is 0 Å². The van der Waals surface area contributed by atoms with E-state index in [0.717, 1.165) is 50.5 Å². The molecule has 0 radical (unpaired) electrons. The van der Waals surface area contributed by atoms with Crippen LogP contribution in [0.15, 0.2) is 36.4 Å². The third kappa shape index (κ3) is 18.6. The zero-order valence-corrected chi connectivity index (χ0v) is 41.8. The van der Waals surface area contributed by atoms with Crippen molar-refractivity contribution in [2.45, 2.75) is 98.5 Å². The Labute approximate surface area is 410 Å². The van der Waals surface area contributed by atoms with Crippen molar-refractivity contribution >= 4 is 87.3 Å². The van der Waals surface area contributed by atoms with Crippen molar-refractivity contribution in [2.75, 3.05) is 45.5 Å². The van der Waals surface area contributed by atoms with Gasteiger partial charge in [-0.3, -0.25) is 0 Å². The average molecular weight is 1030 g/mol. The lowest BCUT2D eigenvalue weighted by molar-refractivity contribution is -0.151. The zero-order chi connectivity index (χ0) is 49.5. The Hall–Kier alpha value is -4.54. The minimum atomic E-state index is -1.01. The van der Waals surface area contributed by atoms with Crippen LogP contribution in [0.2, 0.25) is 25.1 Å². The van der Waals surface area contributed by atoms with Crippen LogP contribution in [0.3, 0.4) is 0 Å². The number of esters is 3. The van der Waals surface area contributed by atoms with Gasteiger partial charge in [0.1, 0.15) is 15.8 Å². The van der Waals surface area contributed by atoms with Crippen LogP contribution in [0.5, 0.6) is 17.4 Å². The first-order chi connectivity index (χ1) is 31.3. The van der Waals surface area contributed by atoms with Gasteiger partial charge in [0, 0.05) is 10.6 Å². The zero-order valence-electron chi connectivity index (χ0n) is 38.0. The third-order valence-electron chi connectivity index (χ3n) is 9.56. The molecular formula is C46H57Cl5F2N4O9. The van der Waals surface area contributed by atoms with Crippen molar-refractivity contribution in [3.8, 4) is 28.6 Å². The molecule has 2 unspecified atom stereocenters. The number of hydrogen-bond donors (Lipinski definition) is 2. The minimum Gasteiger partial charge on any atom is -0.492 e. The first kappa shape index (κ1) is 57.6. The molecule has 13 nitrogen and oxygen atoms in total. The number of aromatic nitrogens is 2. The normalized spacial score (nSPS) is 11.5. The predicted octanol–water partition coefficient (Wildman–Crippen LogP) is 12.7. The van der Waals surface area contributed by atoms with E-state index in [9.17, 15) is 23.2 Å². The van der Waals surface area contributed by atoms with Crippen molar-refractivity contribution in [1.29, 1.82) is 0 Å². The summed E-state index contributed by atoms with van der Waals surface area (Å²) in [6.07, 6.45) is 9.48. The predicted molar refractivity (Wildman–Crippen MR) is 256 cm³/mol. The first-order valence-corrected chi connectivity index (χ1v) is 23.0. The second kappa shape index (κ2) is 30.0. The molecule has 0 spiro atoms. The number of nitrogen functional groups attached to an aromatic ring is 2. The van der Waals surface area contributed by atoms with Crippen LogP contribution >= 0.6 is 58.0 Å². The van der Waals surface area contributed by atoms with Crippen molar-refractivity contribution < 1.29 is 51.6 Å². The van der Waals surface area contributed by atoms with Gasteiger partial charge in [0.25, 0.3) is 0 Å². The summed E-state index contributed by atoms with van der Waals surface area (Å²) in [4.78, 5) is 42.5. The molecule has 0 amide bonds. The van der Waals surface area contributed by atoms with Crippen LogP contribution in [0, 0.1) is 24.6 Å². The monoisotopic (exact) mass is 1020 g/mol. The Bertz CT molecular complexity index is 2220. The number of hydrogen-bond acceptors (Lipinski definition) is 13. The van der Waals surface area contributed by atoms with Crippen LogP contribution in [0.25, 0.3) is 11.3 Å². The number of benzene rings is 2. The molecule has 0 aliphatic carbocycles. The molecule has 2 aromatic carbocycles. The fraction of sp³-hybridized carbons (Fsp3) is 0.457. The molecule has 4 N–H and O–H groups in total. The number of nitrogens with two attached hydrogens (primary N) is 2. The Morgan fingerprint density at radius 1 is 0.788 bits per heavy atom. The van der Waals surface area contributed by atoms with Gasteiger partial charge in [-0.25, -0.2) is 23.8 Å². The second-order valence-corrected chi connectivity index (χ2v) is 16.7. The summed E-state index contributed by atoms with van der Waals surface area (Å²) in [5.74, 6) is -2.73. The fourth-order valence-corrected chi connectivity index (χ4v) is 6.81. The number of anilines is 2. The van der Waals surface area contributed by atoms with E-state index in [4.69, 9.17) is 93.2 Å². The number of rotatable bonds is 21. The highest BCUT2D eigenvalue weighted by Crippen LogP contribution is 2.37. The molecule has 4 rings (SSSR count). The first-order valence-electron chi connectivity index (χ1n) is 21.1. The molecule has 0 saturated heterocycles. The Morgan fingerprint density at radius 2 is 1.47 bits per heavy atom. The summed E-state index contributed by atoms with van der Waals surface area (Å²) < 4.78 is 58.3. The van der Waals surface area contributed by atoms with E-state index in [1.807, 2.05) is 13.8 Å². The Kier molecular flexibility index (Phi) is 26.1. The molecule has 2 heterocycles. The molecule has 2 atom stereocenters. The van der Waals surface area contributed by atoms with Crippen molar-refractivity contribution in [2.24, 2.45) is 5.92 Å².